The molecule has 0 radical (unpaired) electrons. The molecule has 1 aliphatic heterocycles. The van der Waals surface area contributed by atoms with E-state index in [0.29, 0.717) is 12.3 Å². The molecule has 2 fully saturated rings. The molecule has 1 saturated carbocycles. The van der Waals surface area contributed by atoms with Crippen LogP contribution in [0.5, 0.6) is 0 Å². The zero-order valence-corrected chi connectivity index (χ0v) is 12.1. The average molecular weight is 279 g/mol. The summed E-state index contributed by atoms with van der Waals surface area (Å²) in [6, 6.07) is 0. The molecule has 2 aliphatic rings. The molecule has 2 heterocycles. The first-order valence-electron chi connectivity index (χ1n) is 7.95. The molecule has 1 atom stereocenters. The van der Waals surface area contributed by atoms with Crippen molar-refractivity contribution in [3.8, 4) is 0 Å². The van der Waals surface area contributed by atoms with Gasteiger partial charge in [0.1, 0.15) is 0 Å². The summed E-state index contributed by atoms with van der Waals surface area (Å²) in [7, 11) is 0. The molecule has 1 aromatic rings. The molecule has 112 valence electrons. The number of rotatable bonds is 4. The highest BCUT2D eigenvalue weighted by atomic mass is 16.5. The monoisotopic (exact) mass is 279 g/mol. The largest absolute Gasteiger partial charge is 0.378 e. The molecule has 1 aromatic heterocycles. The molecule has 0 amide bonds. The standard InChI is InChI=1S/C15H25N3O2/c16-15(7-3-1-4-8-15)11-14-17-13(18-20-14)10-12-6-2-5-9-19-12/h12H,1-11,16H2. The van der Waals surface area contributed by atoms with E-state index in [2.05, 4.69) is 10.1 Å². The van der Waals surface area contributed by atoms with Crippen LogP contribution in [0.1, 0.15) is 63.1 Å². The van der Waals surface area contributed by atoms with E-state index in [-0.39, 0.29) is 11.6 Å². The van der Waals surface area contributed by atoms with Crippen LogP contribution in [0.15, 0.2) is 4.52 Å². The molecule has 1 saturated heterocycles. The topological polar surface area (TPSA) is 74.2 Å². The van der Waals surface area contributed by atoms with Crippen LogP contribution in [0, 0.1) is 0 Å². The van der Waals surface area contributed by atoms with E-state index < -0.39 is 0 Å². The van der Waals surface area contributed by atoms with Gasteiger partial charge in [-0.1, -0.05) is 24.4 Å². The van der Waals surface area contributed by atoms with Gasteiger partial charge in [0.2, 0.25) is 5.89 Å². The first-order chi connectivity index (χ1) is 9.73. The number of aromatic nitrogens is 2. The van der Waals surface area contributed by atoms with Crippen molar-refractivity contribution in [1.82, 2.24) is 10.1 Å². The minimum absolute atomic E-state index is 0.136. The first-order valence-corrected chi connectivity index (χ1v) is 7.95. The zero-order chi connectivity index (χ0) is 13.8. The van der Waals surface area contributed by atoms with Crippen LogP contribution in [0.2, 0.25) is 0 Å². The molecule has 0 spiro atoms. The normalized spacial score (nSPS) is 26.6. The van der Waals surface area contributed by atoms with E-state index in [1.54, 1.807) is 0 Å². The number of hydrogen-bond acceptors (Lipinski definition) is 5. The third kappa shape index (κ3) is 3.58. The van der Waals surface area contributed by atoms with E-state index in [1.807, 2.05) is 0 Å². The van der Waals surface area contributed by atoms with Gasteiger partial charge in [0.25, 0.3) is 0 Å². The number of hydrogen-bond donors (Lipinski definition) is 1. The number of nitrogens with zero attached hydrogens (tertiary/aromatic N) is 2. The Morgan fingerprint density at radius 1 is 1.15 bits per heavy atom. The Morgan fingerprint density at radius 3 is 2.75 bits per heavy atom. The molecule has 0 bridgehead atoms. The van der Waals surface area contributed by atoms with Crippen LogP contribution in [0.25, 0.3) is 0 Å². The highest BCUT2D eigenvalue weighted by Crippen LogP contribution is 2.28. The van der Waals surface area contributed by atoms with E-state index in [9.17, 15) is 0 Å². The van der Waals surface area contributed by atoms with Crippen LogP contribution in [-0.4, -0.2) is 28.4 Å². The Bertz CT molecular complexity index is 421. The van der Waals surface area contributed by atoms with Crippen LogP contribution in [0.3, 0.4) is 0 Å². The van der Waals surface area contributed by atoms with Crippen molar-refractivity contribution < 1.29 is 9.26 Å². The molecule has 5 heteroatoms. The maximum atomic E-state index is 6.43. The Morgan fingerprint density at radius 2 is 2.00 bits per heavy atom. The van der Waals surface area contributed by atoms with Crippen LogP contribution >= 0.6 is 0 Å². The maximum absolute atomic E-state index is 6.43. The summed E-state index contributed by atoms with van der Waals surface area (Å²) >= 11 is 0. The molecule has 20 heavy (non-hydrogen) atoms. The van der Waals surface area contributed by atoms with E-state index in [1.165, 1.54) is 32.1 Å². The molecule has 3 rings (SSSR count). The van der Waals surface area contributed by atoms with Gasteiger partial charge < -0.3 is 15.0 Å². The van der Waals surface area contributed by atoms with Crippen molar-refractivity contribution in [1.29, 1.82) is 0 Å². The van der Waals surface area contributed by atoms with Gasteiger partial charge in [-0.15, -0.1) is 0 Å². The van der Waals surface area contributed by atoms with Crippen molar-refractivity contribution in [2.24, 2.45) is 5.73 Å². The van der Waals surface area contributed by atoms with Crippen molar-refractivity contribution in [2.45, 2.75) is 75.9 Å². The van der Waals surface area contributed by atoms with E-state index in [0.717, 1.165) is 38.1 Å². The lowest BCUT2D eigenvalue weighted by Gasteiger charge is -2.31. The Labute approximate surface area is 120 Å². The average Bonchev–Trinajstić information content (AvgIpc) is 2.87. The second-order valence-electron chi connectivity index (χ2n) is 6.40. The van der Waals surface area contributed by atoms with E-state index >= 15 is 0 Å². The van der Waals surface area contributed by atoms with Crippen molar-refractivity contribution in [3.05, 3.63) is 11.7 Å². The summed E-state index contributed by atoms with van der Waals surface area (Å²) in [4.78, 5) is 4.51. The van der Waals surface area contributed by atoms with Gasteiger partial charge >= 0.3 is 0 Å². The van der Waals surface area contributed by atoms with Crippen LogP contribution in [-0.2, 0) is 17.6 Å². The van der Waals surface area contributed by atoms with Crippen molar-refractivity contribution >= 4 is 0 Å². The predicted molar refractivity (Wildman–Crippen MR) is 75.3 cm³/mol. The molecule has 5 nitrogen and oxygen atoms in total. The van der Waals surface area contributed by atoms with Gasteiger partial charge in [0.15, 0.2) is 5.82 Å². The van der Waals surface area contributed by atoms with Crippen molar-refractivity contribution in [2.75, 3.05) is 6.61 Å². The smallest absolute Gasteiger partial charge is 0.228 e. The van der Waals surface area contributed by atoms with Gasteiger partial charge in [-0.3, -0.25) is 0 Å². The van der Waals surface area contributed by atoms with Gasteiger partial charge in [-0.2, -0.15) is 4.98 Å². The lowest BCUT2D eigenvalue weighted by molar-refractivity contribution is 0.0153. The second-order valence-corrected chi connectivity index (χ2v) is 6.40. The minimum atomic E-state index is -0.136. The van der Waals surface area contributed by atoms with Gasteiger partial charge in [-0.25, -0.2) is 0 Å². The summed E-state index contributed by atoms with van der Waals surface area (Å²) in [5.41, 5.74) is 6.30. The fraction of sp³-hybridized carbons (Fsp3) is 0.867. The number of ether oxygens (including phenoxy) is 1. The van der Waals surface area contributed by atoms with Gasteiger partial charge in [0, 0.05) is 25.0 Å². The molecule has 0 aromatic carbocycles. The summed E-state index contributed by atoms with van der Waals surface area (Å²) in [6.45, 7) is 0.862. The maximum Gasteiger partial charge on any atom is 0.228 e. The Kier molecular flexibility index (Phi) is 4.36. The molecule has 1 unspecified atom stereocenters. The fourth-order valence-corrected chi connectivity index (χ4v) is 3.35. The Balaban J connectivity index is 1.55. The van der Waals surface area contributed by atoms with Crippen molar-refractivity contribution in [3.63, 3.8) is 0 Å². The number of nitrogens with two attached hydrogens (primary N) is 1. The second kappa shape index (κ2) is 6.22. The summed E-state index contributed by atoms with van der Waals surface area (Å²) < 4.78 is 11.1. The minimum Gasteiger partial charge on any atom is -0.378 e. The molecular weight excluding hydrogens is 254 g/mol. The summed E-state index contributed by atoms with van der Waals surface area (Å²) in [5.74, 6) is 1.46. The summed E-state index contributed by atoms with van der Waals surface area (Å²) in [5, 5.41) is 4.09. The van der Waals surface area contributed by atoms with Crippen LogP contribution < -0.4 is 5.73 Å². The van der Waals surface area contributed by atoms with Gasteiger partial charge in [0.05, 0.1) is 6.10 Å². The lowest BCUT2D eigenvalue weighted by Crippen LogP contribution is -2.43. The van der Waals surface area contributed by atoms with E-state index in [4.69, 9.17) is 15.0 Å². The fourth-order valence-electron chi connectivity index (χ4n) is 3.35. The lowest BCUT2D eigenvalue weighted by atomic mass is 9.80. The zero-order valence-electron chi connectivity index (χ0n) is 12.1. The Hall–Kier alpha value is -0.940. The summed E-state index contributed by atoms with van der Waals surface area (Å²) in [6.07, 6.45) is 11.1. The molecular formula is C15H25N3O2. The third-order valence-corrected chi connectivity index (χ3v) is 4.55. The molecule has 2 N–H and O–H groups in total. The SMILES string of the molecule is NC1(Cc2nc(CC3CCCCO3)no2)CCCCC1. The highest BCUT2D eigenvalue weighted by molar-refractivity contribution is 4.98. The third-order valence-electron chi connectivity index (χ3n) is 4.55. The quantitative estimate of drug-likeness (QED) is 0.916. The first kappa shape index (κ1) is 14.0. The van der Waals surface area contributed by atoms with Crippen LogP contribution in [0.4, 0.5) is 0 Å². The molecule has 1 aliphatic carbocycles. The van der Waals surface area contributed by atoms with Gasteiger partial charge in [-0.05, 0) is 32.1 Å². The predicted octanol–water partition coefficient (Wildman–Crippen LogP) is 2.39. The highest BCUT2D eigenvalue weighted by Gasteiger charge is 2.30.